The third-order valence-corrected chi connectivity index (χ3v) is 4.30. The Balaban J connectivity index is 2.73. The number of primary sulfonamides is 1. The molecule has 0 radical (unpaired) electrons. The molecule has 0 aliphatic heterocycles. The summed E-state index contributed by atoms with van der Waals surface area (Å²) in [5.41, 5.74) is 0.162. The van der Waals surface area contributed by atoms with Crippen LogP contribution in [0.15, 0.2) is 35.7 Å². The molecule has 3 N–H and O–H groups in total. The average molecular weight is 335 g/mol. The minimum Gasteiger partial charge on any atom is -0.351 e. The Labute approximate surface area is 127 Å². The zero-order chi connectivity index (χ0) is 15.2. The topological polar surface area (TPSA) is 89.3 Å². The molecular weight excluding hydrogens is 320 g/mol. The summed E-state index contributed by atoms with van der Waals surface area (Å²) in [5.74, 6) is 1.15. The van der Waals surface area contributed by atoms with Gasteiger partial charge in [-0.05, 0) is 18.2 Å². The van der Waals surface area contributed by atoms with Gasteiger partial charge in [-0.1, -0.05) is 17.7 Å². The van der Waals surface area contributed by atoms with Gasteiger partial charge in [0, 0.05) is 28.6 Å². The van der Waals surface area contributed by atoms with Gasteiger partial charge in [0.25, 0.3) is 5.91 Å². The lowest BCUT2D eigenvalue weighted by Gasteiger charge is -2.07. The molecule has 0 atom stereocenters. The first-order valence-corrected chi connectivity index (χ1v) is 8.72. The van der Waals surface area contributed by atoms with Crippen LogP contribution in [0.5, 0.6) is 0 Å². The number of rotatable bonds is 7. The van der Waals surface area contributed by atoms with E-state index in [0.717, 1.165) is 11.5 Å². The predicted molar refractivity (Wildman–Crippen MR) is 82.7 cm³/mol. The lowest BCUT2D eigenvalue weighted by atomic mass is 10.2. The average Bonchev–Trinajstić information content (AvgIpc) is 2.36. The van der Waals surface area contributed by atoms with Crippen LogP contribution < -0.4 is 10.5 Å². The van der Waals surface area contributed by atoms with Crippen molar-refractivity contribution in [2.75, 3.05) is 18.1 Å². The predicted octanol–water partition coefficient (Wildman–Crippen LogP) is 1.64. The number of carbonyl (C=O) groups is 1. The summed E-state index contributed by atoms with van der Waals surface area (Å²) in [5, 5.41) is 7.84. The van der Waals surface area contributed by atoms with Gasteiger partial charge in [-0.3, -0.25) is 4.79 Å². The Hall–Kier alpha value is -1.02. The van der Waals surface area contributed by atoms with Crippen LogP contribution in [0, 0.1) is 0 Å². The van der Waals surface area contributed by atoms with Crippen molar-refractivity contribution in [2.45, 2.75) is 4.90 Å². The molecule has 1 aromatic carbocycles. The van der Waals surface area contributed by atoms with Gasteiger partial charge < -0.3 is 5.32 Å². The summed E-state index contributed by atoms with van der Waals surface area (Å²) < 4.78 is 22.5. The number of benzene rings is 1. The maximum atomic E-state index is 11.9. The molecule has 0 heterocycles. The molecule has 20 heavy (non-hydrogen) atoms. The first-order chi connectivity index (χ1) is 9.34. The number of thioether (sulfide) groups is 1. The smallest absolute Gasteiger partial charge is 0.251 e. The van der Waals surface area contributed by atoms with Crippen LogP contribution in [0.4, 0.5) is 0 Å². The molecule has 0 spiro atoms. The number of nitrogens with one attached hydrogen (secondary N) is 1. The van der Waals surface area contributed by atoms with Gasteiger partial charge in [-0.25, -0.2) is 13.6 Å². The first-order valence-electron chi connectivity index (χ1n) is 5.65. The summed E-state index contributed by atoms with van der Waals surface area (Å²) in [6.07, 6.45) is 1.78. The zero-order valence-corrected chi connectivity index (χ0v) is 13.0. The Morgan fingerprint density at radius 2 is 2.15 bits per heavy atom. The number of sulfonamides is 1. The molecule has 0 fully saturated rings. The van der Waals surface area contributed by atoms with Crippen molar-refractivity contribution >= 4 is 39.3 Å². The van der Waals surface area contributed by atoms with E-state index in [-0.39, 0.29) is 15.5 Å². The second kappa shape index (κ2) is 7.68. The molecule has 1 rings (SSSR count). The van der Waals surface area contributed by atoms with Crippen LogP contribution in [0.3, 0.4) is 0 Å². The Bertz CT molecular complexity index is 603. The van der Waals surface area contributed by atoms with E-state index in [9.17, 15) is 13.2 Å². The third-order valence-electron chi connectivity index (χ3n) is 2.23. The fraction of sp³-hybridized carbons (Fsp3) is 0.250. The fourth-order valence-electron chi connectivity index (χ4n) is 1.36. The van der Waals surface area contributed by atoms with Crippen LogP contribution in [0.2, 0.25) is 5.02 Å². The molecule has 0 aliphatic rings. The number of nitrogens with two attached hydrogens (primary N) is 1. The first kappa shape index (κ1) is 17.0. The van der Waals surface area contributed by atoms with E-state index >= 15 is 0 Å². The molecule has 0 unspecified atom stereocenters. The highest BCUT2D eigenvalue weighted by Crippen LogP contribution is 2.18. The largest absolute Gasteiger partial charge is 0.351 e. The number of hydrogen-bond acceptors (Lipinski definition) is 4. The molecule has 0 aliphatic carbocycles. The minimum absolute atomic E-state index is 0.141. The van der Waals surface area contributed by atoms with E-state index in [1.54, 1.807) is 17.8 Å². The van der Waals surface area contributed by atoms with Crippen molar-refractivity contribution in [3.8, 4) is 0 Å². The molecule has 8 heteroatoms. The van der Waals surface area contributed by atoms with Crippen molar-refractivity contribution in [3.05, 3.63) is 41.4 Å². The molecule has 1 aromatic rings. The number of carbonyl (C=O) groups excluding carboxylic acids is 1. The normalized spacial score (nSPS) is 11.1. The number of amides is 1. The highest BCUT2D eigenvalue weighted by Gasteiger charge is 2.13. The zero-order valence-electron chi connectivity index (χ0n) is 10.6. The molecule has 0 bridgehead atoms. The molecular formula is C12H15ClN2O3S2. The van der Waals surface area contributed by atoms with Gasteiger partial charge >= 0.3 is 0 Å². The Morgan fingerprint density at radius 3 is 2.75 bits per heavy atom. The van der Waals surface area contributed by atoms with Crippen LogP contribution in [0.1, 0.15) is 10.4 Å². The summed E-state index contributed by atoms with van der Waals surface area (Å²) in [6.45, 7) is 4.06. The fourth-order valence-corrected chi connectivity index (χ4v) is 2.83. The van der Waals surface area contributed by atoms with Crippen LogP contribution in [-0.4, -0.2) is 32.4 Å². The highest BCUT2D eigenvalue weighted by atomic mass is 35.5. The van der Waals surface area contributed by atoms with E-state index in [1.165, 1.54) is 18.2 Å². The molecule has 5 nitrogen and oxygen atoms in total. The third kappa shape index (κ3) is 5.54. The standard InChI is InChI=1S/C12H15ClN2O3S2/c1-2-4-19-5-3-15-12(16)9-6-10(13)8-11(7-9)20(14,17)18/h2,6-8H,1,3-5H2,(H,15,16)(H2,14,17,18). The van der Waals surface area contributed by atoms with Crippen molar-refractivity contribution in [2.24, 2.45) is 5.14 Å². The van der Waals surface area contributed by atoms with Gasteiger partial charge in [0.15, 0.2) is 0 Å². The minimum atomic E-state index is -3.89. The van der Waals surface area contributed by atoms with Crippen molar-refractivity contribution in [3.63, 3.8) is 0 Å². The van der Waals surface area contributed by atoms with Crippen molar-refractivity contribution in [1.29, 1.82) is 0 Å². The second-order valence-corrected chi connectivity index (χ2v) is 6.99. The van der Waals surface area contributed by atoms with Crippen molar-refractivity contribution < 1.29 is 13.2 Å². The molecule has 0 aromatic heterocycles. The maximum absolute atomic E-state index is 11.9. The van der Waals surface area contributed by atoms with E-state index in [4.69, 9.17) is 16.7 Å². The SMILES string of the molecule is C=CCSCCNC(=O)c1cc(Cl)cc(S(N)(=O)=O)c1. The summed E-state index contributed by atoms with van der Waals surface area (Å²) >= 11 is 7.41. The number of hydrogen-bond donors (Lipinski definition) is 2. The molecule has 1 amide bonds. The van der Waals surface area contributed by atoms with Crippen LogP contribution >= 0.6 is 23.4 Å². The van der Waals surface area contributed by atoms with Gasteiger partial charge in [0.05, 0.1) is 4.90 Å². The van der Waals surface area contributed by atoms with E-state index in [1.807, 2.05) is 0 Å². The summed E-state index contributed by atoms with van der Waals surface area (Å²) in [4.78, 5) is 11.7. The quantitative estimate of drug-likeness (QED) is 0.586. The number of halogens is 1. The second-order valence-electron chi connectivity index (χ2n) is 3.84. The lowest BCUT2D eigenvalue weighted by molar-refractivity contribution is 0.0956. The summed E-state index contributed by atoms with van der Waals surface area (Å²) in [7, 11) is -3.89. The van der Waals surface area contributed by atoms with Gasteiger partial charge in [-0.15, -0.1) is 6.58 Å². The highest BCUT2D eigenvalue weighted by molar-refractivity contribution is 7.99. The molecule has 0 saturated carbocycles. The van der Waals surface area contributed by atoms with Gasteiger partial charge in [0.1, 0.15) is 0 Å². The Kier molecular flexibility index (Phi) is 6.54. The Morgan fingerprint density at radius 1 is 1.45 bits per heavy atom. The van der Waals surface area contributed by atoms with Crippen molar-refractivity contribution in [1.82, 2.24) is 5.32 Å². The lowest BCUT2D eigenvalue weighted by Crippen LogP contribution is -2.26. The van der Waals surface area contributed by atoms with Crippen LogP contribution in [-0.2, 0) is 10.0 Å². The van der Waals surface area contributed by atoms with Crippen LogP contribution in [0.25, 0.3) is 0 Å². The van der Waals surface area contributed by atoms with Gasteiger partial charge in [-0.2, -0.15) is 11.8 Å². The molecule has 110 valence electrons. The van der Waals surface area contributed by atoms with E-state index in [0.29, 0.717) is 6.54 Å². The van der Waals surface area contributed by atoms with Gasteiger partial charge in [0.2, 0.25) is 10.0 Å². The van der Waals surface area contributed by atoms with E-state index < -0.39 is 15.9 Å². The maximum Gasteiger partial charge on any atom is 0.251 e. The summed E-state index contributed by atoms with van der Waals surface area (Å²) in [6, 6.07) is 3.80. The molecule has 0 saturated heterocycles. The van der Waals surface area contributed by atoms with E-state index in [2.05, 4.69) is 11.9 Å². The monoisotopic (exact) mass is 334 g/mol.